The molecule has 1 aliphatic heterocycles. The number of rotatable bonds is 5. The van der Waals surface area contributed by atoms with E-state index in [-0.39, 0.29) is 5.78 Å². The zero-order chi connectivity index (χ0) is 17.1. The molecular formula is C18H23N3O3. The third-order valence-corrected chi connectivity index (χ3v) is 4.64. The van der Waals surface area contributed by atoms with Gasteiger partial charge >= 0.3 is 0 Å². The van der Waals surface area contributed by atoms with Crippen molar-refractivity contribution in [2.75, 3.05) is 32.2 Å². The van der Waals surface area contributed by atoms with Gasteiger partial charge in [0.1, 0.15) is 5.78 Å². The van der Waals surface area contributed by atoms with E-state index in [1.807, 2.05) is 12.1 Å². The number of nitrogens with zero attached hydrogens (tertiary/aromatic N) is 3. The summed E-state index contributed by atoms with van der Waals surface area (Å²) in [6.07, 6.45) is 4.43. The van der Waals surface area contributed by atoms with Crippen molar-refractivity contribution in [3.05, 3.63) is 18.3 Å². The highest BCUT2D eigenvalue weighted by Gasteiger charge is 2.23. The van der Waals surface area contributed by atoms with Crippen LogP contribution in [-0.4, -0.2) is 43.3 Å². The molecule has 0 N–H and O–H groups in total. The van der Waals surface area contributed by atoms with Gasteiger partial charge in [0.05, 0.1) is 20.4 Å². The summed E-state index contributed by atoms with van der Waals surface area (Å²) in [4.78, 5) is 13.6. The topological polar surface area (TPSA) is 64.6 Å². The molecule has 2 heterocycles. The fourth-order valence-electron chi connectivity index (χ4n) is 3.38. The summed E-state index contributed by atoms with van der Waals surface area (Å²) in [5.74, 6) is 3.00. The highest BCUT2D eigenvalue weighted by Crippen LogP contribution is 2.36. The van der Waals surface area contributed by atoms with Gasteiger partial charge < -0.3 is 19.2 Å². The van der Waals surface area contributed by atoms with Gasteiger partial charge in [-0.05, 0) is 37.8 Å². The largest absolute Gasteiger partial charge is 0.493 e. The Morgan fingerprint density at radius 2 is 1.88 bits per heavy atom. The van der Waals surface area contributed by atoms with Crippen LogP contribution >= 0.6 is 0 Å². The van der Waals surface area contributed by atoms with E-state index in [1.54, 1.807) is 27.3 Å². The molecule has 1 aliphatic rings. The van der Waals surface area contributed by atoms with Crippen molar-refractivity contribution in [3.63, 3.8) is 0 Å². The number of fused-ring (bicyclic) bond motifs is 1. The van der Waals surface area contributed by atoms with E-state index in [2.05, 4.69) is 15.1 Å². The van der Waals surface area contributed by atoms with Crippen LogP contribution in [0.3, 0.4) is 0 Å². The van der Waals surface area contributed by atoms with Crippen LogP contribution in [0.2, 0.25) is 0 Å². The Morgan fingerprint density at radius 1 is 1.21 bits per heavy atom. The fourth-order valence-corrected chi connectivity index (χ4v) is 3.38. The second-order valence-corrected chi connectivity index (χ2v) is 6.30. The Labute approximate surface area is 141 Å². The molecule has 24 heavy (non-hydrogen) atoms. The Kier molecular flexibility index (Phi) is 4.83. The quantitative estimate of drug-likeness (QED) is 0.840. The van der Waals surface area contributed by atoms with Crippen molar-refractivity contribution < 1.29 is 14.3 Å². The molecule has 0 atom stereocenters. The van der Waals surface area contributed by atoms with Gasteiger partial charge in [0.25, 0.3) is 0 Å². The fraction of sp³-hybridized carbons (Fsp3) is 0.500. The van der Waals surface area contributed by atoms with Crippen LogP contribution in [0.15, 0.2) is 18.3 Å². The zero-order valence-electron chi connectivity index (χ0n) is 14.4. The molecule has 1 aromatic heterocycles. The molecule has 1 saturated heterocycles. The molecule has 0 aliphatic carbocycles. The number of piperidine rings is 1. The van der Waals surface area contributed by atoms with E-state index < -0.39 is 0 Å². The summed E-state index contributed by atoms with van der Waals surface area (Å²) in [7, 11) is 3.25. The van der Waals surface area contributed by atoms with Crippen molar-refractivity contribution >= 4 is 22.4 Å². The lowest BCUT2D eigenvalue weighted by molar-refractivity contribution is -0.118. The maximum atomic E-state index is 11.3. The summed E-state index contributed by atoms with van der Waals surface area (Å²) in [6, 6.07) is 3.88. The summed E-state index contributed by atoms with van der Waals surface area (Å²) in [5, 5.41) is 10.5. The Bertz CT molecular complexity index is 740. The predicted octanol–water partition coefficient (Wildman–Crippen LogP) is 2.84. The third kappa shape index (κ3) is 3.27. The molecule has 0 saturated carbocycles. The molecule has 6 heteroatoms. The molecule has 0 radical (unpaired) electrons. The first kappa shape index (κ1) is 16.5. The smallest absolute Gasteiger partial charge is 0.161 e. The number of anilines is 1. The van der Waals surface area contributed by atoms with E-state index >= 15 is 0 Å². The number of carbonyl (C=O) groups excluding carboxylic acids is 1. The third-order valence-electron chi connectivity index (χ3n) is 4.64. The van der Waals surface area contributed by atoms with Gasteiger partial charge in [-0.1, -0.05) is 0 Å². The van der Waals surface area contributed by atoms with E-state index in [1.165, 1.54) is 0 Å². The summed E-state index contributed by atoms with van der Waals surface area (Å²) >= 11 is 0. The number of benzene rings is 1. The van der Waals surface area contributed by atoms with Gasteiger partial charge in [0, 0.05) is 30.3 Å². The van der Waals surface area contributed by atoms with E-state index in [0.29, 0.717) is 23.8 Å². The van der Waals surface area contributed by atoms with Gasteiger partial charge in [-0.15, -0.1) is 5.10 Å². The Morgan fingerprint density at radius 3 is 2.50 bits per heavy atom. The monoisotopic (exact) mass is 329 g/mol. The molecule has 0 spiro atoms. The average Bonchev–Trinajstić information content (AvgIpc) is 2.60. The molecule has 0 amide bonds. The lowest BCUT2D eigenvalue weighted by Crippen LogP contribution is -2.35. The molecule has 2 aromatic rings. The van der Waals surface area contributed by atoms with Crippen LogP contribution in [0.4, 0.5) is 5.82 Å². The number of ketones is 1. The van der Waals surface area contributed by atoms with E-state index in [9.17, 15) is 4.79 Å². The van der Waals surface area contributed by atoms with E-state index in [4.69, 9.17) is 9.47 Å². The van der Waals surface area contributed by atoms with Gasteiger partial charge in [-0.2, -0.15) is 5.10 Å². The maximum absolute atomic E-state index is 11.3. The highest BCUT2D eigenvalue weighted by atomic mass is 16.5. The summed E-state index contributed by atoms with van der Waals surface area (Å²) in [5.41, 5.74) is 0. The first-order chi connectivity index (χ1) is 11.6. The molecule has 1 aromatic carbocycles. The van der Waals surface area contributed by atoms with Crippen molar-refractivity contribution in [2.45, 2.75) is 26.2 Å². The van der Waals surface area contributed by atoms with Crippen molar-refractivity contribution in [1.82, 2.24) is 10.2 Å². The van der Waals surface area contributed by atoms with Crippen LogP contribution < -0.4 is 14.4 Å². The maximum Gasteiger partial charge on any atom is 0.161 e. The number of aromatic nitrogens is 2. The standard InChI is InChI=1S/C18H23N3O3/c1-12(22)8-13-4-6-21(7-5-13)18-15-10-17(24-3)16(23-2)9-14(15)11-19-20-18/h9-11,13H,4-8H2,1-3H3. The molecule has 1 fully saturated rings. The van der Waals surface area contributed by atoms with Crippen molar-refractivity contribution in [1.29, 1.82) is 0 Å². The summed E-state index contributed by atoms with van der Waals surface area (Å²) < 4.78 is 10.8. The molecule has 3 rings (SSSR count). The Hall–Kier alpha value is -2.37. The zero-order valence-corrected chi connectivity index (χ0v) is 14.4. The molecule has 6 nitrogen and oxygen atoms in total. The number of ether oxygens (including phenoxy) is 2. The summed E-state index contributed by atoms with van der Waals surface area (Å²) in [6.45, 7) is 3.45. The second kappa shape index (κ2) is 7.03. The lowest BCUT2D eigenvalue weighted by Gasteiger charge is -2.32. The minimum atomic E-state index is 0.273. The first-order valence-corrected chi connectivity index (χ1v) is 8.24. The molecular weight excluding hydrogens is 306 g/mol. The second-order valence-electron chi connectivity index (χ2n) is 6.30. The number of methoxy groups -OCH3 is 2. The minimum absolute atomic E-state index is 0.273. The van der Waals surface area contributed by atoms with Crippen LogP contribution in [0, 0.1) is 5.92 Å². The van der Waals surface area contributed by atoms with Crippen molar-refractivity contribution in [3.8, 4) is 11.5 Å². The van der Waals surface area contributed by atoms with Crippen LogP contribution in [-0.2, 0) is 4.79 Å². The average molecular weight is 329 g/mol. The normalized spacial score (nSPS) is 15.5. The van der Waals surface area contributed by atoms with E-state index in [0.717, 1.165) is 42.5 Å². The number of carbonyl (C=O) groups is 1. The molecule has 0 bridgehead atoms. The predicted molar refractivity (Wildman–Crippen MR) is 92.9 cm³/mol. The van der Waals surface area contributed by atoms with Crippen LogP contribution in [0.25, 0.3) is 10.8 Å². The lowest BCUT2D eigenvalue weighted by atomic mass is 9.92. The molecule has 128 valence electrons. The number of hydrogen-bond donors (Lipinski definition) is 0. The van der Waals surface area contributed by atoms with Gasteiger partial charge in [0.15, 0.2) is 17.3 Å². The van der Waals surface area contributed by atoms with Crippen molar-refractivity contribution in [2.24, 2.45) is 5.92 Å². The highest BCUT2D eigenvalue weighted by molar-refractivity contribution is 5.94. The molecule has 0 unspecified atom stereocenters. The minimum Gasteiger partial charge on any atom is -0.493 e. The van der Waals surface area contributed by atoms with Gasteiger partial charge in [-0.25, -0.2) is 0 Å². The SMILES string of the molecule is COc1cc2cnnc(N3CCC(CC(C)=O)CC3)c2cc1OC. The van der Waals surface area contributed by atoms with Gasteiger partial charge in [0.2, 0.25) is 0 Å². The van der Waals surface area contributed by atoms with Crippen LogP contribution in [0.5, 0.6) is 11.5 Å². The van der Waals surface area contributed by atoms with Gasteiger partial charge in [-0.3, -0.25) is 0 Å². The van der Waals surface area contributed by atoms with Crippen LogP contribution in [0.1, 0.15) is 26.2 Å². The first-order valence-electron chi connectivity index (χ1n) is 8.24. The number of Topliss-reactive ketones (excluding diaryl/α,β-unsaturated/α-hetero) is 1. The Balaban J connectivity index is 1.89. The number of hydrogen-bond acceptors (Lipinski definition) is 6.